The molecule has 0 aliphatic carbocycles. The standard InChI is InChI=1S/C26H24Cl2N2O6S/c1-35-24-10-7-19(26(32)36-17-23(31)18-5-8-20(27)9-6-18)15-25(24)37(33,34)30-13-11-29(12-14-30)22-4-2-3-21(28)16-22/h2-10,15-16H,11-14,17H2,1H3. The number of carbonyl (C=O) groups excluding carboxylic acids is 2. The second kappa shape index (κ2) is 11.5. The number of esters is 1. The van der Waals surface area contributed by atoms with Crippen LogP contribution in [0.1, 0.15) is 20.7 Å². The third kappa shape index (κ3) is 6.24. The molecule has 0 saturated carbocycles. The maximum absolute atomic E-state index is 13.5. The van der Waals surface area contributed by atoms with E-state index in [1.54, 1.807) is 18.2 Å². The highest BCUT2D eigenvalue weighted by Gasteiger charge is 2.32. The van der Waals surface area contributed by atoms with E-state index < -0.39 is 28.4 Å². The molecule has 1 aliphatic rings. The molecule has 1 fully saturated rings. The minimum absolute atomic E-state index is 0.0131. The Balaban J connectivity index is 1.47. The molecule has 11 heteroatoms. The van der Waals surface area contributed by atoms with E-state index >= 15 is 0 Å². The average Bonchev–Trinajstić information content (AvgIpc) is 2.91. The third-order valence-corrected chi connectivity index (χ3v) is 8.34. The topological polar surface area (TPSA) is 93.2 Å². The van der Waals surface area contributed by atoms with Crippen LogP contribution in [0.2, 0.25) is 10.0 Å². The van der Waals surface area contributed by atoms with Crippen molar-refractivity contribution in [2.24, 2.45) is 0 Å². The molecule has 8 nitrogen and oxygen atoms in total. The SMILES string of the molecule is COc1ccc(C(=O)OCC(=O)c2ccc(Cl)cc2)cc1S(=O)(=O)N1CCN(c2cccc(Cl)c2)CC1. The highest BCUT2D eigenvalue weighted by Crippen LogP contribution is 2.30. The second-order valence-electron chi connectivity index (χ2n) is 8.24. The number of carbonyl (C=O) groups is 2. The van der Waals surface area contributed by atoms with Gasteiger partial charge in [0.15, 0.2) is 12.4 Å². The maximum atomic E-state index is 13.5. The fourth-order valence-electron chi connectivity index (χ4n) is 3.94. The smallest absolute Gasteiger partial charge is 0.338 e. The number of hydrogen-bond acceptors (Lipinski definition) is 7. The summed E-state index contributed by atoms with van der Waals surface area (Å²) < 4.78 is 38.8. The number of anilines is 1. The molecule has 0 N–H and O–H groups in total. The lowest BCUT2D eigenvalue weighted by Crippen LogP contribution is -2.48. The Kier molecular flexibility index (Phi) is 8.39. The summed E-state index contributed by atoms with van der Waals surface area (Å²) in [5, 5.41) is 1.09. The highest BCUT2D eigenvalue weighted by atomic mass is 35.5. The van der Waals surface area contributed by atoms with Gasteiger partial charge < -0.3 is 14.4 Å². The van der Waals surface area contributed by atoms with Crippen molar-refractivity contribution in [2.45, 2.75) is 4.90 Å². The monoisotopic (exact) mass is 562 g/mol. The Hall–Kier alpha value is -3.11. The van der Waals surface area contributed by atoms with Crippen molar-refractivity contribution in [1.82, 2.24) is 4.31 Å². The molecule has 4 rings (SSSR count). The number of nitrogens with zero attached hydrogens (tertiary/aromatic N) is 2. The predicted molar refractivity (Wildman–Crippen MR) is 141 cm³/mol. The molecule has 0 radical (unpaired) electrons. The average molecular weight is 563 g/mol. The number of methoxy groups -OCH3 is 1. The zero-order chi connectivity index (χ0) is 26.6. The van der Waals surface area contributed by atoms with Crippen LogP contribution in [-0.2, 0) is 14.8 Å². The molecule has 0 unspecified atom stereocenters. The maximum Gasteiger partial charge on any atom is 0.338 e. The van der Waals surface area contributed by atoms with E-state index in [0.717, 1.165) is 5.69 Å². The first-order chi connectivity index (χ1) is 17.7. The number of hydrogen-bond donors (Lipinski definition) is 0. The molecule has 194 valence electrons. The van der Waals surface area contributed by atoms with Gasteiger partial charge >= 0.3 is 5.97 Å². The van der Waals surface area contributed by atoms with E-state index in [4.69, 9.17) is 32.7 Å². The Morgan fingerprint density at radius 2 is 1.54 bits per heavy atom. The zero-order valence-electron chi connectivity index (χ0n) is 19.9. The molecule has 0 spiro atoms. The van der Waals surface area contributed by atoms with Gasteiger partial charge in [0, 0.05) is 47.5 Å². The summed E-state index contributed by atoms with van der Waals surface area (Å²) in [6.45, 7) is 0.914. The van der Waals surface area contributed by atoms with E-state index in [1.165, 1.54) is 41.7 Å². The fourth-order valence-corrected chi connectivity index (χ4v) is 5.85. The van der Waals surface area contributed by atoms with Gasteiger partial charge in [-0.3, -0.25) is 4.79 Å². The van der Waals surface area contributed by atoms with Gasteiger partial charge in [-0.15, -0.1) is 0 Å². The van der Waals surface area contributed by atoms with E-state index in [-0.39, 0.29) is 29.3 Å². The van der Waals surface area contributed by atoms with Crippen molar-refractivity contribution in [3.63, 3.8) is 0 Å². The molecule has 0 bridgehead atoms. The van der Waals surface area contributed by atoms with E-state index in [1.807, 2.05) is 18.2 Å². The van der Waals surface area contributed by atoms with Gasteiger partial charge in [-0.1, -0.05) is 29.3 Å². The Morgan fingerprint density at radius 3 is 2.19 bits per heavy atom. The second-order valence-corrected chi connectivity index (χ2v) is 11.0. The van der Waals surface area contributed by atoms with E-state index in [0.29, 0.717) is 28.7 Å². The molecular formula is C26H24Cl2N2O6S. The number of halogens is 2. The van der Waals surface area contributed by atoms with Crippen molar-refractivity contribution in [3.8, 4) is 5.75 Å². The summed E-state index contributed by atoms with van der Waals surface area (Å²) in [5.41, 5.74) is 1.24. The van der Waals surface area contributed by atoms with Crippen LogP contribution in [0.4, 0.5) is 5.69 Å². The van der Waals surface area contributed by atoms with Crippen molar-refractivity contribution < 1.29 is 27.5 Å². The van der Waals surface area contributed by atoms with E-state index in [2.05, 4.69) is 4.90 Å². The van der Waals surface area contributed by atoms with Crippen molar-refractivity contribution in [1.29, 1.82) is 0 Å². The normalized spacial score (nSPS) is 14.3. The molecular weight excluding hydrogens is 539 g/mol. The summed E-state index contributed by atoms with van der Waals surface area (Å²) in [5.74, 6) is -1.14. The summed E-state index contributed by atoms with van der Waals surface area (Å²) in [4.78, 5) is 26.9. The van der Waals surface area contributed by atoms with Crippen LogP contribution >= 0.6 is 23.2 Å². The van der Waals surface area contributed by atoms with Gasteiger partial charge in [-0.25, -0.2) is 13.2 Å². The van der Waals surface area contributed by atoms with E-state index in [9.17, 15) is 18.0 Å². The van der Waals surface area contributed by atoms with Crippen LogP contribution in [0.15, 0.2) is 71.6 Å². The number of sulfonamides is 1. The number of rotatable bonds is 8. The van der Waals surface area contributed by atoms with Crippen LogP contribution in [0.5, 0.6) is 5.75 Å². The lowest BCUT2D eigenvalue weighted by atomic mass is 10.1. The van der Waals surface area contributed by atoms with Gasteiger partial charge in [-0.05, 0) is 60.7 Å². The van der Waals surface area contributed by atoms with Gasteiger partial charge in [0.25, 0.3) is 0 Å². The predicted octanol–water partition coefficient (Wildman–Crippen LogP) is 4.55. The lowest BCUT2D eigenvalue weighted by Gasteiger charge is -2.35. The van der Waals surface area contributed by atoms with Crippen LogP contribution in [0.3, 0.4) is 0 Å². The summed E-state index contributed by atoms with van der Waals surface area (Å²) in [7, 11) is -2.63. The largest absolute Gasteiger partial charge is 0.495 e. The van der Waals surface area contributed by atoms with Crippen LogP contribution in [0.25, 0.3) is 0 Å². The van der Waals surface area contributed by atoms with Gasteiger partial charge in [0.1, 0.15) is 10.6 Å². The number of Topliss-reactive ketones (excluding diaryl/α,β-unsaturated/α-hetero) is 1. The minimum atomic E-state index is -3.98. The number of benzene rings is 3. The van der Waals surface area contributed by atoms with Crippen molar-refractivity contribution >= 4 is 50.7 Å². The summed E-state index contributed by atoms with van der Waals surface area (Å²) in [6, 6.07) is 17.6. The van der Waals surface area contributed by atoms with Crippen LogP contribution in [-0.4, -0.2) is 64.4 Å². The fraction of sp³-hybridized carbons (Fsp3) is 0.231. The minimum Gasteiger partial charge on any atom is -0.495 e. The zero-order valence-corrected chi connectivity index (χ0v) is 22.2. The number of piperazine rings is 1. The van der Waals surface area contributed by atoms with Gasteiger partial charge in [0.2, 0.25) is 10.0 Å². The molecule has 1 heterocycles. The van der Waals surface area contributed by atoms with Gasteiger partial charge in [0.05, 0.1) is 12.7 Å². The molecule has 1 aliphatic heterocycles. The van der Waals surface area contributed by atoms with Crippen molar-refractivity contribution in [2.75, 3.05) is 44.8 Å². The third-order valence-electron chi connectivity index (χ3n) is 5.93. The first kappa shape index (κ1) is 26.9. The molecule has 0 aromatic heterocycles. The lowest BCUT2D eigenvalue weighted by molar-refractivity contribution is 0.0474. The Bertz CT molecular complexity index is 1400. The summed E-state index contributed by atoms with van der Waals surface area (Å²) in [6.07, 6.45) is 0. The Morgan fingerprint density at radius 1 is 0.865 bits per heavy atom. The first-order valence-electron chi connectivity index (χ1n) is 11.3. The van der Waals surface area contributed by atoms with Crippen LogP contribution < -0.4 is 9.64 Å². The van der Waals surface area contributed by atoms with Crippen LogP contribution in [0, 0.1) is 0 Å². The molecule has 0 amide bonds. The molecule has 3 aromatic carbocycles. The molecule has 3 aromatic rings. The molecule has 0 atom stereocenters. The highest BCUT2D eigenvalue weighted by molar-refractivity contribution is 7.89. The number of ketones is 1. The number of ether oxygens (including phenoxy) is 2. The Labute approximate surface area is 225 Å². The van der Waals surface area contributed by atoms with Crippen molar-refractivity contribution in [3.05, 3.63) is 87.9 Å². The molecule has 1 saturated heterocycles. The quantitative estimate of drug-likeness (QED) is 0.293. The summed E-state index contributed by atoms with van der Waals surface area (Å²) >= 11 is 11.9. The first-order valence-corrected chi connectivity index (χ1v) is 13.5. The molecule has 37 heavy (non-hydrogen) atoms. The van der Waals surface area contributed by atoms with Gasteiger partial charge in [-0.2, -0.15) is 4.31 Å².